The first-order chi connectivity index (χ1) is 12.1. The number of nitrogens with one attached hydrogen (secondary N) is 1. The lowest BCUT2D eigenvalue weighted by molar-refractivity contribution is 0.340. The van der Waals surface area contributed by atoms with E-state index >= 15 is 0 Å². The molecule has 0 aliphatic carbocycles. The van der Waals surface area contributed by atoms with Gasteiger partial charge in [-0.1, -0.05) is 21.8 Å². The van der Waals surface area contributed by atoms with Gasteiger partial charge < -0.3 is 19.9 Å². The van der Waals surface area contributed by atoms with Gasteiger partial charge in [0.05, 0.1) is 20.4 Å². The van der Waals surface area contributed by atoms with Gasteiger partial charge in [0.15, 0.2) is 11.5 Å². The largest absolute Gasteiger partial charge is 0.502 e. The summed E-state index contributed by atoms with van der Waals surface area (Å²) < 4.78 is 10.6. The van der Waals surface area contributed by atoms with Crippen LogP contribution in [0.1, 0.15) is 19.4 Å². The van der Waals surface area contributed by atoms with Crippen molar-refractivity contribution in [1.82, 2.24) is 9.97 Å². The molecule has 0 saturated carbocycles. The fourth-order valence-corrected chi connectivity index (χ4v) is 4.35. The molecule has 2 aromatic rings. The van der Waals surface area contributed by atoms with Crippen LogP contribution < -0.4 is 14.8 Å². The van der Waals surface area contributed by atoms with E-state index in [0.29, 0.717) is 17.3 Å². The number of phenols is 1. The molecule has 1 aromatic heterocycles. The van der Waals surface area contributed by atoms with Gasteiger partial charge in [0.25, 0.3) is 0 Å². The molecule has 1 heterocycles. The first-order valence-electron chi connectivity index (χ1n) is 8.07. The van der Waals surface area contributed by atoms with Crippen molar-refractivity contribution in [3.8, 4) is 17.2 Å². The van der Waals surface area contributed by atoms with Crippen LogP contribution in [0.4, 0.5) is 5.82 Å². The van der Waals surface area contributed by atoms with Crippen molar-refractivity contribution in [2.45, 2.75) is 13.8 Å². The van der Waals surface area contributed by atoms with Crippen LogP contribution in [0.2, 0.25) is 0 Å². The van der Waals surface area contributed by atoms with Crippen LogP contribution in [0, 0.1) is 0 Å². The van der Waals surface area contributed by atoms with E-state index in [1.165, 1.54) is 14.2 Å². The molecular formula is C18H24N3O3P. The number of rotatable bonds is 8. The molecule has 0 radical (unpaired) electrons. The van der Waals surface area contributed by atoms with Gasteiger partial charge in [-0.3, -0.25) is 4.98 Å². The van der Waals surface area contributed by atoms with Crippen molar-refractivity contribution < 1.29 is 14.6 Å². The number of hydrogen-bond donors (Lipinski definition) is 2. The van der Waals surface area contributed by atoms with E-state index in [0.717, 1.165) is 23.2 Å². The molecular weight excluding hydrogens is 337 g/mol. The minimum Gasteiger partial charge on any atom is -0.502 e. The maximum Gasteiger partial charge on any atom is 0.200 e. The molecule has 0 spiro atoms. The van der Waals surface area contributed by atoms with E-state index in [9.17, 15) is 5.11 Å². The molecule has 1 aromatic carbocycles. The molecule has 2 rings (SSSR count). The predicted molar refractivity (Wildman–Crippen MR) is 103 cm³/mol. The van der Waals surface area contributed by atoms with E-state index in [4.69, 9.17) is 9.47 Å². The van der Waals surface area contributed by atoms with Gasteiger partial charge in [0.2, 0.25) is 5.75 Å². The van der Waals surface area contributed by atoms with Gasteiger partial charge >= 0.3 is 0 Å². The number of aromatic nitrogens is 2. The highest BCUT2D eigenvalue weighted by molar-refractivity contribution is 7.68. The number of nitrogens with zero attached hydrogens (tertiary/aromatic N) is 2. The summed E-state index contributed by atoms with van der Waals surface area (Å²) in [6.45, 7) is 4.36. The summed E-state index contributed by atoms with van der Waals surface area (Å²) in [6, 6.07) is 3.67. The van der Waals surface area contributed by atoms with Crippen molar-refractivity contribution in [2.24, 2.45) is 0 Å². The van der Waals surface area contributed by atoms with Gasteiger partial charge in [-0.05, 0) is 35.3 Å². The third-order valence-electron chi connectivity index (χ3n) is 3.80. The summed E-state index contributed by atoms with van der Waals surface area (Å²) in [5, 5.41) is 14.5. The zero-order valence-electron chi connectivity index (χ0n) is 15.0. The third-order valence-corrected chi connectivity index (χ3v) is 6.40. The van der Waals surface area contributed by atoms with Gasteiger partial charge in [-0.2, -0.15) is 0 Å². The van der Waals surface area contributed by atoms with Crippen LogP contribution >= 0.6 is 7.92 Å². The third kappa shape index (κ3) is 4.60. The van der Waals surface area contributed by atoms with Gasteiger partial charge in [-0.25, -0.2) is 4.98 Å². The van der Waals surface area contributed by atoms with Crippen LogP contribution in [0.15, 0.2) is 36.9 Å². The zero-order chi connectivity index (χ0) is 18.2. The molecule has 2 N–H and O–H groups in total. The molecule has 0 amide bonds. The van der Waals surface area contributed by atoms with E-state index in [1.807, 2.05) is 18.3 Å². The number of ether oxygens (including phenoxy) is 2. The Kier molecular flexibility index (Phi) is 7.02. The Balaban J connectivity index is 2.48. The lowest BCUT2D eigenvalue weighted by Crippen LogP contribution is -1.98. The van der Waals surface area contributed by atoms with Crippen LogP contribution in [0.3, 0.4) is 0 Å². The number of hydrogen-bond acceptors (Lipinski definition) is 6. The number of methoxy groups -OCH3 is 2. The molecule has 0 saturated heterocycles. The minimum absolute atomic E-state index is 0.00677. The zero-order valence-corrected chi connectivity index (χ0v) is 15.9. The molecule has 7 heteroatoms. The number of anilines is 1. The highest BCUT2D eigenvalue weighted by Crippen LogP contribution is 2.52. The molecule has 0 unspecified atom stereocenters. The summed E-state index contributed by atoms with van der Waals surface area (Å²) in [4.78, 5) is 8.30. The van der Waals surface area contributed by atoms with E-state index in [2.05, 4.69) is 29.1 Å². The lowest BCUT2D eigenvalue weighted by Gasteiger charge is -2.20. The van der Waals surface area contributed by atoms with Crippen molar-refractivity contribution >= 4 is 19.1 Å². The Labute approximate surface area is 149 Å². The van der Waals surface area contributed by atoms with Crippen LogP contribution in [0.25, 0.3) is 5.31 Å². The molecule has 0 aliphatic heterocycles. The second kappa shape index (κ2) is 9.23. The van der Waals surface area contributed by atoms with Crippen molar-refractivity contribution in [3.63, 3.8) is 0 Å². The average Bonchev–Trinajstić information content (AvgIpc) is 2.66. The second-order valence-electron chi connectivity index (χ2n) is 5.17. The standard InChI is InChI=1S/C18H24N3O3P/c1-5-25(6-2)16(11-21-17-12-19-7-8-20-17)13-9-14(23-3)18(22)15(10-13)24-4/h7-12,22H,5-6H2,1-4H3,(H,20,21)/b16-11-. The Morgan fingerprint density at radius 2 is 1.80 bits per heavy atom. The van der Waals surface area contributed by atoms with Crippen molar-refractivity contribution in [1.29, 1.82) is 0 Å². The normalized spacial score (nSPS) is 11.5. The van der Waals surface area contributed by atoms with Crippen molar-refractivity contribution in [3.05, 3.63) is 42.5 Å². The fraction of sp³-hybridized carbons (Fsp3) is 0.333. The van der Waals surface area contributed by atoms with Crippen LogP contribution in [-0.4, -0.2) is 41.6 Å². The molecule has 0 atom stereocenters. The quantitative estimate of drug-likeness (QED) is 0.689. The van der Waals surface area contributed by atoms with Crippen LogP contribution in [0.5, 0.6) is 17.2 Å². The van der Waals surface area contributed by atoms with Crippen molar-refractivity contribution in [2.75, 3.05) is 31.9 Å². The van der Waals surface area contributed by atoms with E-state index in [-0.39, 0.29) is 13.7 Å². The molecule has 0 bridgehead atoms. The Morgan fingerprint density at radius 3 is 2.28 bits per heavy atom. The van der Waals surface area contributed by atoms with E-state index in [1.54, 1.807) is 18.6 Å². The number of phenolic OH excluding ortho intramolecular Hbond substituents is 1. The fourth-order valence-electron chi connectivity index (χ4n) is 2.48. The number of aromatic hydroxyl groups is 1. The van der Waals surface area contributed by atoms with Crippen LogP contribution in [-0.2, 0) is 0 Å². The lowest BCUT2D eigenvalue weighted by atomic mass is 10.1. The van der Waals surface area contributed by atoms with Gasteiger partial charge in [-0.15, -0.1) is 0 Å². The summed E-state index contributed by atoms with van der Waals surface area (Å²) >= 11 is 0. The average molecular weight is 361 g/mol. The first-order valence-corrected chi connectivity index (χ1v) is 9.78. The molecule has 0 aliphatic rings. The number of benzene rings is 1. The Hall–Kier alpha value is -2.33. The minimum atomic E-state index is -0.379. The molecule has 6 nitrogen and oxygen atoms in total. The Bertz CT molecular complexity index is 694. The first kappa shape index (κ1) is 19.0. The summed E-state index contributed by atoms with van der Waals surface area (Å²) in [6.07, 6.45) is 9.01. The predicted octanol–water partition coefficient (Wildman–Crippen LogP) is 4.13. The summed E-state index contributed by atoms with van der Waals surface area (Å²) in [7, 11) is 2.68. The molecule has 0 fully saturated rings. The van der Waals surface area contributed by atoms with Gasteiger partial charge in [0, 0.05) is 18.6 Å². The summed E-state index contributed by atoms with van der Waals surface area (Å²) in [5.74, 6) is 1.47. The monoisotopic (exact) mass is 361 g/mol. The maximum atomic E-state index is 10.2. The maximum absolute atomic E-state index is 10.2. The highest BCUT2D eigenvalue weighted by atomic mass is 31.1. The Morgan fingerprint density at radius 1 is 1.16 bits per heavy atom. The topological polar surface area (TPSA) is 76.5 Å². The smallest absolute Gasteiger partial charge is 0.200 e. The second-order valence-corrected chi connectivity index (χ2v) is 7.99. The highest BCUT2D eigenvalue weighted by Gasteiger charge is 2.18. The summed E-state index contributed by atoms with van der Waals surface area (Å²) in [5.41, 5.74) is 0.956. The molecule has 25 heavy (non-hydrogen) atoms. The molecule has 134 valence electrons. The van der Waals surface area contributed by atoms with E-state index < -0.39 is 0 Å². The van der Waals surface area contributed by atoms with Gasteiger partial charge in [0.1, 0.15) is 5.82 Å². The SMILES string of the molecule is CCP(CC)/C(=C\Nc1cnccn1)c1cc(OC)c(O)c(OC)c1.